The van der Waals surface area contributed by atoms with Crippen LogP contribution < -0.4 is 5.32 Å². The highest BCUT2D eigenvalue weighted by Gasteiger charge is 2.17. The van der Waals surface area contributed by atoms with Crippen LogP contribution in [0.5, 0.6) is 0 Å². The number of aromatic nitrogens is 2. The van der Waals surface area contributed by atoms with Crippen molar-refractivity contribution in [3.63, 3.8) is 0 Å². The van der Waals surface area contributed by atoms with Crippen molar-refractivity contribution in [3.05, 3.63) is 71.4 Å². The Morgan fingerprint density at radius 1 is 1.07 bits per heavy atom. The molecule has 1 amide bonds. The largest absolute Gasteiger partial charge is 0.382 e. The summed E-state index contributed by atoms with van der Waals surface area (Å²) in [5.74, 6) is -0.182. The number of amides is 1. The quantitative estimate of drug-likeness (QED) is 0.510. The summed E-state index contributed by atoms with van der Waals surface area (Å²) in [4.78, 5) is 12.8. The molecule has 1 N–H and O–H groups in total. The number of para-hydroxylation sites is 1. The number of methoxy groups -OCH3 is 1. The maximum Gasteiger partial charge on any atom is 0.270 e. The maximum atomic E-state index is 12.8. The fourth-order valence-corrected chi connectivity index (χ4v) is 2.91. The van der Waals surface area contributed by atoms with E-state index >= 15 is 0 Å². The molecule has 29 heavy (non-hydrogen) atoms. The number of rotatable bonds is 10. The van der Waals surface area contributed by atoms with E-state index in [-0.39, 0.29) is 5.91 Å². The minimum atomic E-state index is -0.182. The maximum absolute atomic E-state index is 12.8. The van der Waals surface area contributed by atoms with Gasteiger partial charge in [-0.2, -0.15) is 5.10 Å². The average Bonchev–Trinajstić information content (AvgIpc) is 3.20. The SMILES string of the molecule is COCCOCCCNC(=O)c1cc(-c2ccc(Cl)cc2)nn1-c1ccccc1. The van der Waals surface area contributed by atoms with E-state index in [2.05, 4.69) is 10.4 Å². The van der Waals surface area contributed by atoms with E-state index < -0.39 is 0 Å². The first-order valence-electron chi connectivity index (χ1n) is 9.45. The van der Waals surface area contributed by atoms with Crippen LogP contribution >= 0.6 is 11.6 Å². The van der Waals surface area contributed by atoms with Crippen molar-refractivity contribution in [1.29, 1.82) is 0 Å². The lowest BCUT2D eigenvalue weighted by Crippen LogP contribution is -2.27. The van der Waals surface area contributed by atoms with Gasteiger partial charge in [0.15, 0.2) is 0 Å². The molecule has 0 saturated heterocycles. The summed E-state index contributed by atoms with van der Waals surface area (Å²) < 4.78 is 12.0. The van der Waals surface area contributed by atoms with Gasteiger partial charge in [-0.3, -0.25) is 4.79 Å². The molecule has 2 aromatic carbocycles. The molecule has 0 fully saturated rings. The summed E-state index contributed by atoms with van der Waals surface area (Å²) in [5.41, 5.74) is 2.89. The highest BCUT2D eigenvalue weighted by molar-refractivity contribution is 6.30. The number of carbonyl (C=O) groups is 1. The van der Waals surface area contributed by atoms with Crippen molar-refractivity contribution < 1.29 is 14.3 Å². The summed E-state index contributed by atoms with van der Waals surface area (Å²) in [5, 5.41) is 8.25. The zero-order valence-corrected chi connectivity index (χ0v) is 17.1. The zero-order chi connectivity index (χ0) is 20.5. The van der Waals surface area contributed by atoms with Gasteiger partial charge in [0.2, 0.25) is 0 Å². The van der Waals surface area contributed by atoms with E-state index in [9.17, 15) is 4.79 Å². The lowest BCUT2D eigenvalue weighted by Gasteiger charge is -2.08. The Labute approximate surface area is 175 Å². The topological polar surface area (TPSA) is 65.4 Å². The van der Waals surface area contributed by atoms with Crippen molar-refractivity contribution in [2.24, 2.45) is 0 Å². The molecule has 0 aliphatic carbocycles. The molecular weight excluding hydrogens is 390 g/mol. The standard InChI is InChI=1S/C22H24ClN3O3/c1-28-14-15-29-13-5-12-24-22(27)21-16-20(17-8-10-18(23)11-9-17)25-26(21)19-6-3-2-4-7-19/h2-4,6-11,16H,5,12-15H2,1H3,(H,24,27). The Bertz CT molecular complexity index is 911. The third kappa shape index (κ3) is 5.90. The van der Waals surface area contributed by atoms with Crippen LogP contribution in [0.2, 0.25) is 5.02 Å². The van der Waals surface area contributed by atoms with Gasteiger partial charge in [-0.05, 0) is 36.8 Å². The van der Waals surface area contributed by atoms with Gasteiger partial charge in [0.1, 0.15) is 5.69 Å². The second kappa shape index (κ2) is 10.8. The number of hydrogen-bond acceptors (Lipinski definition) is 4. The van der Waals surface area contributed by atoms with Gasteiger partial charge >= 0.3 is 0 Å². The third-order valence-electron chi connectivity index (χ3n) is 4.27. The molecule has 0 spiro atoms. The average molecular weight is 414 g/mol. The fourth-order valence-electron chi connectivity index (χ4n) is 2.78. The number of ether oxygens (including phenoxy) is 2. The molecule has 1 heterocycles. The monoisotopic (exact) mass is 413 g/mol. The van der Waals surface area contributed by atoms with Crippen LogP contribution in [0.1, 0.15) is 16.9 Å². The molecular formula is C22H24ClN3O3. The Kier molecular flexibility index (Phi) is 7.81. The molecule has 7 heteroatoms. The summed E-state index contributed by atoms with van der Waals surface area (Å²) in [6, 6.07) is 18.8. The summed E-state index contributed by atoms with van der Waals surface area (Å²) in [6.07, 6.45) is 0.721. The van der Waals surface area contributed by atoms with Gasteiger partial charge in [0.25, 0.3) is 5.91 Å². The number of hydrogen-bond donors (Lipinski definition) is 1. The van der Waals surface area contributed by atoms with Crippen molar-refractivity contribution in [3.8, 4) is 16.9 Å². The van der Waals surface area contributed by atoms with E-state index in [0.717, 1.165) is 17.7 Å². The van der Waals surface area contributed by atoms with Crippen molar-refractivity contribution >= 4 is 17.5 Å². The smallest absolute Gasteiger partial charge is 0.270 e. The predicted octanol–water partition coefficient (Wildman–Crippen LogP) is 3.98. The van der Waals surface area contributed by atoms with Gasteiger partial charge in [-0.15, -0.1) is 0 Å². The molecule has 0 bridgehead atoms. The van der Waals surface area contributed by atoms with E-state index in [0.29, 0.717) is 42.8 Å². The summed E-state index contributed by atoms with van der Waals surface area (Å²) in [6.45, 7) is 2.20. The van der Waals surface area contributed by atoms with E-state index in [1.165, 1.54) is 0 Å². The van der Waals surface area contributed by atoms with Crippen molar-refractivity contribution in [2.75, 3.05) is 33.5 Å². The number of nitrogens with one attached hydrogen (secondary N) is 1. The number of benzene rings is 2. The molecule has 0 atom stereocenters. The molecule has 0 aliphatic heterocycles. The Morgan fingerprint density at radius 2 is 1.83 bits per heavy atom. The molecule has 0 saturated carbocycles. The molecule has 6 nitrogen and oxygen atoms in total. The van der Waals surface area contributed by atoms with Crippen molar-refractivity contribution in [1.82, 2.24) is 15.1 Å². The van der Waals surface area contributed by atoms with Crippen molar-refractivity contribution in [2.45, 2.75) is 6.42 Å². The minimum absolute atomic E-state index is 0.182. The van der Waals surface area contributed by atoms with Crippen LogP contribution in [0.25, 0.3) is 16.9 Å². The lowest BCUT2D eigenvalue weighted by molar-refractivity contribution is 0.0688. The minimum Gasteiger partial charge on any atom is -0.382 e. The predicted molar refractivity (Wildman–Crippen MR) is 114 cm³/mol. The van der Waals surface area contributed by atoms with E-state index in [4.69, 9.17) is 21.1 Å². The third-order valence-corrected chi connectivity index (χ3v) is 4.52. The molecule has 3 aromatic rings. The molecule has 0 aliphatic rings. The van der Waals surface area contributed by atoms with Crippen LogP contribution in [-0.2, 0) is 9.47 Å². The fraction of sp³-hybridized carbons (Fsp3) is 0.273. The number of carbonyl (C=O) groups excluding carboxylic acids is 1. The van der Waals surface area contributed by atoms with Crippen LogP contribution in [0, 0.1) is 0 Å². The highest BCUT2D eigenvalue weighted by atomic mass is 35.5. The van der Waals surface area contributed by atoms with Gasteiger partial charge in [0.05, 0.1) is 24.6 Å². The second-order valence-electron chi connectivity index (χ2n) is 6.38. The normalized spacial score (nSPS) is 10.8. The van der Waals surface area contributed by atoms with Crippen LogP contribution in [0.4, 0.5) is 0 Å². The first-order chi connectivity index (χ1) is 14.2. The summed E-state index contributed by atoms with van der Waals surface area (Å²) >= 11 is 5.99. The van der Waals surface area contributed by atoms with Crippen LogP contribution in [0.15, 0.2) is 60.7 Å². The first kappa shape index (κ1) is 21.0. The van der Waals surface area contributed by atoms with Gasteiger partial charge in [-0.1, -0.05) is 41.9 Å². The van der Waals surface area contributed by atoms with Crippen LogP contribution in [0.3, 0.4) is 0 Å². The highest BCUT2D eigenvalue weighted by Crippen LogP contribution is 2.23. The second-order valence-corrected chi connectivity index (χ2v) is 6.82. The lowest BCUT2D eigenvalue weighted by atomic mass is 10.1. The van der Waals surface area contributed by atoms with E-state index in [1.807, 2.05) is 54.6 Å². The molecule has 0 radical (unpaired) electrons. The number of nitrogens with zero attached hydrogens (tertiary/aromatic N) is 2. The van der Waals surface area contributed by atoms with Gasteiger partial charge < -0.3 is 14.8 Å². The molecule has 3 rings (SSSR count). The van der Waals surface area contributed by atoms with Crippen LogP contribution in [-0.4, -0.2) is 49.2 Å². The summed E-state index contributed by atoms with van der Waals surface area (Å²) in [7, 11) is 1.64. The first-order valence-corrected chi connectivity index (χ1v) is 9.83. The van der Waals surface area contributed by atoms with Gasteiger partial charge in [0, 0.05) is 30.8 Å². The van der Waals surface area contributed by atoms with Gasteiger partial charge in [-0.25, -0.2) is 4.68 Å². The van der Waals surface area contributed by atoms with E-state index in [1.54, 1.807) is 17.9 Å². The molecule has 1 aromatic heterocycles. The Hall–Kier alpha value is -2.67. The Balaban J connectivity index is 1.73. The molecule has 152 valence electrons. The molecule has 0 unspecified atom stereocenters. The Morgan fingerprint density at radius 3 is 2.55 bits per heavy atom. The number of halogens is 1. The zero-order valence-electron chi connectivity index (χ0n) is 16.3.